The minimum atomic E-state index is 0.586. The van der Waals surface area contributed by atoms with E-state index in [4.69, 9.17) is 4.74 Å². The fraction of sp³-hybridized carbons (Fsp3) is 0.250. The molecule has 15 heavy (non-hydrogen) atoms. The lowest BCUT2D eigenvalue weighted by atomic mass is 10.2. The number of nitrogens with zero attached hydrogens (tertiary/aromatic N) is 2. The fourth-order valence-electron chi connectivity index (χ4n) is 1.36. The van der Waals surface area contributed by atoms with Crippen LogP contribution in [0.1, 0.15) is 5.56 Å². The summed E-state index contributed by atoms with van der Waals surface area (Å²) in [5, 5.41) is 0. The second-order valence-corrected chi connectivity index (χ2v) is 3.37. The van der Waals surface area contributed by atoms with E-state index >= 15 is 0 Å². The Kier molecular flexibility index (Phi) is 3.52. The Bertz CT molecular complexity index is 346. The van der Waals surface area contributed by atoms with Crippen LogP contribution in [0.2, 0.25) is 0 Å². The summed E-state index contributed by atoms with van der Waals surface area (Å²) in [7, 11) is 0. The Hall–Kier alpha value is -1.61. The van der Waals surface area contributed by atoms with E-state index in [0.717, 1.165) is 0 Å². The number of allylic oxidation sites excluding steroid dienone is 1. The second kappa shape index (κ2) is 5.32. The summed E-state index contributed by atoms with van der Waals surface area (Å²) in [6.07, 6.45) is 5.70. The molecular weight excluding hydrogens is 188 g/mol. The van der Waals surface area contributed by atoms with Gasteiger partial charge in [0.2, 0.25) is 0 Å². The molecule has 0 aromatic heterocycles. The molecule has 0 amide bonds. The number of ether oxygens (including phenoxy) is 1. The maximum absolute atomic E-state index is 5.56. The van der Waals surface area contributed by atoms with Gasteiger partial charge in [0.1, 0.15) is 13.4 Å². The molecule has 0 saturated heterocycles. The summed E-state index contributed by atoms with van der Waals surface area (Å²) < 4.78 is 5.56. The summed E-state index contributed by atoms with van der Waals surface area (Å²) in [4.78, 5) is 6.14. The molecule has 78 valence electrons. The van der Waals surface area contributed by atoms with Crippen molar-refractivity contribution in [3.8, 4) is 0 Å². The standard InChI is InChI=1S/C12H14N2O/c1-2-5-12(6-3-1)9-15-11-14-8-4-7-13-10-14/h1-8H,9-11H2. The molecule has 0 N–H and O–H groups in total. The number of hydrogen-bond donors (Lipinski definition) is 0. The minimum absolute atomic E-state index is 0.586. The molecule has 0 unspecified atom stereocenters. The summed E-state index contributed by atoms with van der Waals surface area (Å²) in [6.45, 7) is 1.92. The van der Waals surface area contributed by atoms with Gasteiger partial charge in [-0.3, -0.25) is 4.99 Å². The maximum atomic E-state index is 5.56. The molecule has 3 heteroatoms. The van der Waals surface area contributed by atoms with Crippen molar-refractivity contribution < 1.29 is 4.74 Å². The average Bonchev–Trinajstić information content (AvgIpc) is 2.32. The van der Waals surface area contributed by atoms with E-state index in [1.54, 1.807) is 6.21 Å². The SMILES string of the molecule is C1=CN(COCc2ccccc2)CN=C1. The van der Waals surface area contributed by atoms with Crippen molar-refractivity contribution in [2.24, 2.45) is 4.99 Å². The van der Waals surface area contributed by atoms with Crippen molar-refractivity contribution in [1.82, 2.24) is 4.90 Å². The van der Waals surface area contributed by atoms with E-state index in [-0.39, 0.29) is 0 Å². The molecule has 0 saturated carbocycles. The van der Waals surface area contributed by atoms with E-state index in [1.807, 2.05) is 35.4 Å². The molecule has 1 aromatic carbocycles. The van der Waals surface area contributed by atoms with Crippen LogP contribution in [-0.2, 0) is 11.3 Å². The van der Waals surface area contributed by atoms with Gasteiger partial charge in [-0.1, -0.05) is 30.3 Å². The van der Waals surface area contributed by atoms with Gasteiger partial charge in [0.05, 0.1) is 6.61 Å². The zero-order chi connectivity index (χ0) is 10.3. The largest absolute Gasteiger partial charge is 0.356 e. The number of benzene rings is 1. The average molecular weight is 202 g/mol. The van der Waals surface area contributed by atoms with Crippen molar-refractivity contribution in [2.75, 3.05) is 13.4 Å². The fourth-order valence-corrected chi connectivity index (χ4v) is 1.36. The molecule has 0 radical (unpaired) electrons. The van der Waals surface area contributed by atoms with Crippen LogP contribution >= 0.6 is 0 Å². The highest BCUT2D eigenvalue weighted by molar-refractivity contribution is 5.71. The molecule has 0 fully saturated rings. The monoisotopic (exact) mass is 202 g/mol. The molecule has 1 aromatic rings. The summed E-state index contributed by atoms with van der Waals surface area (Å²) in [6, 6.07) is 10.2. The van der Waals surface area contributed by atoms with Crippen LogP contribution in [0.15, 0.2) is 47.6 Å². The van der Waals surface area contributed by atoms with Crippen LogP contribution < -0.4 is 0 Å². The third-order valence-corrected chi connectivity index (χ3v) is 2.12. The second-order valence-electron chi connectivity index (χ2n) is 3.37. The first-order valence-electron chi connectivity index (χ1n) is 4.97. The molecule has 0 spiro atoms. The van der Waals surface area contributed by atoms with Crippen molar-refractivity contribution in [3.63, 3.8) is 0 Å². The summed E-state index contributed by atoms with van der Waals surface area (Å²) >= 11 is 0. The van der Waals surface area contributed by atoms with Crippen molar-refractivity contribution in [1.29, 1.82) is 0 Å². The molecule has 2 rings (SSSR count). The molecule has 0 aliphatic carbocycles. The topological polar surface area (TPSA) is 24.8 Å². The third kappa shape index (κ3) is 3.22. The van der Waals surface area contributed by atoms with E-state index in [0.29, 0.717) is 20.0 Å². The Morgan fingerprint density at radius 1 is 1.27 bits per heavy atom. The lowest BCUT2D eigenvalue weighted by Crippen LogP contribution is -2.22. The first-order valence-corrected chi connectivity index (χ1v) is 4.97. The van der Waals surface area contributed by atoms with Gasteiger partial charge in [0.25, 0.3) is 0 Å². The minimum Gasteiger partial charge on any atom is -0.356 e. The van der Waals surface area contributed by atoms with Gasteiger partial charge < -0.3 is 9.64 Å². The normalized spacial score (nSPS) is 14.5. The van der Waals surface area contributed by atoms with Crippen molar-refractivity contribution in [3.05, 3.63) is 48.2 Å². The molecule has 0 atom stereocenters. The molecule has 0 bridgehead atoms. The molecular formula is C12H14N2O. The molecule has 1 aliphatic heterocycles. The third-order valence-electron chi connectivity index (χ3n) is 2.12. The summed E-state index contributed by atoms with van der Waals surface area (Å²) in [5.41, 5.74) is 1.20. The van der Waals surface area contributed by atoms with Crippen molar-refractivity contribution in [2.45, 2.75) is 6.61 Å². The Morgan fingerprint density at radius 2 is 2.13 bits per heavy atom. The number of hydrogen-bond acceptors (Lipinski definition) is 3. The molecule has 3 nitrogen and oxygen atoms in total. The molecule has 1 heterocycles. The predicted molar refractivity (Wildman–Crippen MR) is 60.4 cm³/mol. The Labute approximate surface area is 89.7 Å². The zero-order valence-electron chi connectivity index (χ0n) is 8.54. The van der Waals surface area contributed by atoms with Crippen LogP contribution in [0.5, 0.6) is 0 Å². The van der Waals surface area contributed by atoms with Crippen LogP contribution in [0.4, 0.5) is 0 Å². The van der Waals surface area contributed by atoms with Gasteiger partial charge in [0, 0.05) is 12.4 Å². The van der Waals surface area contributed by atoms with Gasteiger partial charge in [0.15, 0.2) is 0 Å². The smallest absolute Gasteiger partial charge is 0.120 e. The number of aliphatic imine (C=N–C) groups is 1. The van der Waals surface area contributed by atoms with Crippen LogP contribution in [0, 0.1) is 0 Å². The van der Waals surface area contributed by atoms with Crippen LogP contribution in [0.25, 0.3) is 0 Å². The van der Waals surface area contributed by atoms with Gasteiger partial charge in [-0.25, -0.2) is 0 Å². The first kappa shape index (κ1) is 9.93. The predicted octanol–water partition coefficient (Wildman–Crippen LogP) is 2.02. The highest BCUT2D eigenvalue weighted by Crippen LogP contribution is 2.02. The summed E-state index contributed by atoms with van der Waals surface area (Å²) in [5.74, 6) is 0. The molecule has 1 aliphatic rings. The first-order chi connectivity index (χ1) is 7.45. The highest BCUT2D eigenvalue weighted by atomic mass is 16.5. The van der Waals surface area contributed by atoms with Gasteiger partial charge in [-0.15, -0.1) is 0 Å². The van der Waals surface area contributed by atoms with Crippen molar-refractivity contribution >= 4 is 6.21 Å². The lowest BCUT2D eigenvalue weighted by Gasteiger charge is -2.19. The van der Waals surface area contributed by atoms with E-state index < -0.39 is 0 Å². The Morgan fingerprint density at radius 3 is 2.87 bits per heavy atom. The quantitative estimate of drug-likeness (QED) is 0.746. The lowest BCUT2D eigenvalue weighted by molar-refractivity contribution is 0.0440. The zero-order valence-corrected chi connectivity index (χ0v) is 8.54. The Balaban J connectivity index is 1.71. The van der Waals surface area contributed by atoms with Crippen LogP contribution in [0.3, 0.4) is 0 Å². The van der Waals surface area contributed by atoms with E-state index in [1.165, 1.54) is 5.56 Å². The van der Waals surface area contributed by atoms with E-state index in [9.17, 15) is 0 Å². The van der Waals surface area contributed by atoms with Gasteiger partial charge in [-0.2, -0.15) is 0 Å². The highest BCUT2D eigenvalue weighted by Gasteiger charge is 1.99. The van der Waals surface area contributed by atoms with Crippen LogP contribution in [-0.4, -0.2) is 24.5 Å². The van der Waals surface area contributed by atoms with Gasteiger partial charge >= 0.3 is 0 Å². The number of rotatable bonds is 4. The van der Waals surface area contributed by atoms with E-state index in [2.05, 4.69) is 17.1 Å². The van der Waals surface area contributed by atoms with Gasteiger partial charge in [-0.05, 0) is 11.6 Å². The maximum Gasteiger partial charge on any atom is 0.120 e.